The minimum Gasteiger partial charge on any atom is -0.331 e. The highest BCUT2D eigenvalue weighted by molar-refractivity contribution is 6.33. The number of benzene rings is 1. The van der Waals surface area contributed by atoms with E-state index < -0.39 is 0 Å². The van der Waals surface area contributed by atoms with Crippen LogP contribution in [-0.2, 0) is 6.54 Å². The zero-order chi connectivity index (χ0) is 14.8. The summed E-state index contributed by atoms with van der Waals surface area (Å²) in [6.07, 6.45) is 3.71. The molecule has 3 nitrogen and oxygen atoms in total. The predicted octanol–water partition coefficient (Wildman–Crippen LogP) is 3.85. The average Bonchev–Trinajstić information content (AvgIpc) is 3.30. The summed E-state index contributed by atoms with van der Waals surface area (Å²) in [7, 11) is 0. The van der Waals surface area contributed by atoms with Crippen molar-refractivity contribution < 1.29 is 4.79 Å². The quantitative estimate of drug-likeness (QED) is 0.859. The first kappa shape index (κ1) is 14.1. The van der Waals surface area contributed by atoms with Crippen molar-refractivity contribution >= 4 is 17.5 Å². The SMILES string of the molecule is Cc1cc(Cl)c(C(=O)N(Cc2ccccc2)C2CC2)cn1. The molecule has 21 heavy (non-hydrogen) atoms. The van der Waals surface area contributed by atoms with Crippen molar-refractivity contribution in [2.24, 2.45) is 0 Å². The average molecular weight is 301 g/mol. The van der Waals surface area contributed by atoms with Gasteiger partial charge in [-0.3, -0.25) is 9.78 Å². The van der Waals surface area contributed by atoms with E-state index in [0.29, 0.717) is 23.2 Å². The normalized spacial score (nSPS) is 14.0. The fraction of sp³-hybridized carbons (Fsp3) is 0.294. The molecule has 108 valence electrons. The molecular weight excluding hydrogens is 284 g/mol. The molecular formula is C17H17ClN2O. The fourth-order valence-electron chi connectivity index (χ4n) is 2.37. The maximum absolute atomic E-state index is 12.8. The summed E-state index contributed by atoms with van der Waals surface area (Å²) < 4.78 is 0. The summed E-state index contributed by atoms with van der Waals surface area (Å²) >= 11 is 6.21. The van der Waals surface area contributed by atoms with Gasteiger partial charge < -0.3 is 4.90 Å². The van der Waals surface area contributed by atoms with Gasteiger partial charge in [-0.1, -0.05) is 41.9 Å². The van der Waals surface area contributed by atoms with Crippen LogP contribution in [-0.4, -0.2) is 21.8 Å². The van der Waals surface area contributed by atoms with E-state index in [1.807, 2.05) is 42.2 Å². The van der Waals surface area contributed by atoms with E-state index >= 15 is 0 Å². The van der Waals surface area contributed by atoms with Gasteiger partial charge in [-0.2, -0.15) is 0 Å². The molecule has 1 amide bonds. The Bertz CT molecular complexity index is 653. The van der Waals surface area contributed by atoms with Crippen molar-refractivity contribution in [2.75, 3.05) is 0 Å². The third kappa shape index (κ3) is 3.24. The largest absolute Gasteiger partial charge is 0.331 e. The number of rotatable bonds is 4. The fourth-order valence-corrected chi connectivity index (χ4v) is 2.66. The van der Waals surface area contributed by atoms with Crippen LogP contribution >= 0.6 is 11.6 Å². The number of halogens is 1. The third-order valence-electron chi connectivity index (χ3n) is 3.66. The van der Waals surface area contributed by atoms with E-state index in [1.165, 1.54) is 0 Å². The van der Waals surface area contributed by atoms with E-state index in [0.717, 1.165) is 24.1 Å². The second-order valence-electron chi connectivity index (χ2n) is 5.46. The van der Waals surface area contributed by atoms with Crippen molar-refractivity contribution in [3.8, 4) is 0 Å². The molecule has 0 bridgehead atoms. The van der Waals surface area contributed by atoms with Gasteiger partial charge in [0.2, 0.25) is 0 Å². The zero-order valence-electron chi connectivity index (χ0n) is 11.9. The highest BCUT2D eigenvalue weighted by atomic mass is 35.5. The van der Waals surface area contributed by atoms with E-state index in [4.69, 9.17) is 11.6 Å². The summed E-state index contributed by atoms with van der Waals surface area (Å²) in [6.45, 7) is 2.48. The molecule has 0 N–H and O–H groups in total. The van der Waals surface area contributed by atoms with Crippen molar-refractivity contribution in [1.29, 1.82) is 0 Å². The monoisotopic (exact) mass is 300 g/mol. The van der Waals surface area contributed by atoms with Crippen LogP contribution in [0.25, 0.3) is 0 Å². The lowest BCUT2D eigenvalue weighted by molar-refractivity contribution is 0.0729. The highest BCUT2D eigenvalue weighted by Gasteiger charge is 2.33. The van der Waals surface area contributed by atoms with Gasteiger partial charge in [0, 0.05) is 24.5 Å². The Morgan fingerprint density at radius 2 is 2.05 bits per heavy atom. The van der Waals surface area contributed by atoms with Gasteiger partial charge >= 0.3 is 0 Å². The number of hydrogen-bond acceptors (Lipinski definition) is 2. The second-order valence-corrected chi connectivity index (χ2v) is 5.86. The molecule has 0 aliphatic heterocycles. The Morgan fingerprint density at radius 3 is 2.67 bits per heavy atom. The molecule has 0 saturated heterocycles. The first-order valence-corrected chi connectivity index (χ1v) is 7.50. The van der Waals surface area contributed by atoms with E-state index in [2.05, 4.69) is 4.98 Å². The van der Waals surface area contributed by atoms with Gasteiger partial charge in [0.1, 0.15) is 0 Å². The third-order valence-corrected chi connectivity index (χ3v) is 3.98. The maximum atomic E-state index is 12.8. The standard InChI is InChI=1S/C17H17ClN2O/c1-12-9-16(18)15(10-19-12)17(21)20(14-7-8-14)11-13-5-3-2-4-6-13/h2-6,9-10,14H,7-8,11H2,1H3. The van der Waals surface area contributed by atoms with Crippen LogP contribution in [0.1, 0.15) is 34.5 Å². The first-order chi connectivity index (χ1) is 10.1. The lowest BCUT2D eigenvalue weighted by atomic mass is 10.1. The van der Waals surface area contributed by atoms with Crippen LogP contribution < -0.4 is 0 Å². The van der Waals surface area contributed by atoms with Gasteiger partial charge in [-0.25, -0.2) is 0 Å². The molecule has 0 unspecified atom stereocenters. The van der Waals surface area contributed by atoms with Crippen LogP contribution in [0.2, 0.25) is 5.02 Å². The lowest BCUT2D eigenvalue weighted by Crippen LogP contribution is -2.32. The molecule has 0 spiro atoms. The molecule has 4 heteroatoms. The van der Waals surface area contributed by atoms with Crippen molar-refractivity contribution in [3.63, 3.8) is 0 Å². The molecule has 3 rings (SSSR count). The second kappa shape index (κ2) is 5.86. The number of hydrogen-bond donors (Lipinski definition) is 0. The highest BCUT2D eigenvalue weighted by Crippen LogP contribution is 2.31. The number of aromatic nitrogens is 1. The number of pyridine rings is 1. The van der Waals surface area contributed by atoms with Crippen LogP contribution in [0.3, 0.4) is 0 Å². The molecule has 1 saturated carbocycles. The number of carbonyl (C=O) groups excluding carboxylic acids is 1. The number of nitrogens with zero attached hydrogens (tertiary/aromatic N) is 2. The molecule has 1 aliphatic rings. The molecule has 0 atom stereocenters. The van der Waals surface area contributed by atoms with Gasteiger partial charge in [-0.15, -0.1) is 0 Å². The van der Waals surface area contributed by atoms with Gasteiger partial charge in [0.15, 0.2) is 0 Å². The number of carbonyl (C=O) groups is 1. The van der Waals surface area contributed by atoms with Crippen molar-refractivity contribution in [2.45, 2.75) is 32.4 Å². The van der Waals surface area contributed by atoms with E-state index in [9.17, 15) is 4.79 Å². The van der Waals surface area contributed by atoms with Gasteiger partial charge in [0.25, 0.3) is 5.91 Å². The molecule has 1 aromatic heterocycles. The van der Waals surface area contributed by atoms with Crippen LogP contribution in [0.15, 0.2) is 42.6 Å². The van der Waals surface area contributed by atoms with E-state index in [-0.39, 0.29) is 5.91 Å². The van der Waals surface area contributed by atoms with Crippen molar-refractivity contribution in [3.05, 3.63) is 64.4 Å². The van der Waals surface area contributed by atoms with Crippen LogP contribution in [0.5, 0.6) is 0 Å². The topological polar surface area (TPSA) is 33.2 Å². The summed E-state index contributed by atoms with van der Waals surface area (Å²) in [6, 6.07) is 12.1. The number of aryl methyl sites for hydroxylation is 1. The molecule has 1 heterocycles. The van der Waals surface area contributed by atoms with Gasteiger partial charge in [0.05, 0.1) is 10.6 Å². The molecule has 2 aromatic rings. The molecule has 1 aliphatic carbocycles. The van der Waals surface area contributed by atoms with Gasteiger partial charge in [-0.05, 0) is 31.4 Å². The minimum atomic E-state index is -0.0288. The Balaban J connectivity index is 1.85. The smallest absolute Gasteiger partial charge is 0.257 e. The Hall–Kier alpha value is -1.87. The predicted molar refractivity (Wildman–Crippen MR) is 83.3 cm³/mol. The summed E-state index contributed by atoms with van der Waals surface area (Å²) in [4.78, 5) is 18.9. The van der Waals surface area contributed by atoms with Crippen molar-refractivity contribution in [1.82, 2.24) is 9.88 Å². The Labute approximate surface area is 129 Å². The summed E-state index contributed by atoms with van der Waals surface area (Å²) in [5, 5.41) is 0.478. The minimum absolute atomic E-state index is 0.0288. The Kier molecular flexibility index (Phi) is 3.93. The number of amides is 1. The Morgan fingerprint density at radius 1 is 1.33 bits per heavy atom. The lowest BCUT2D eigenvalue weighted by Gasteiger charge is -2.23. The summed E-state index contributed by atoms with van der Waals surface area (Å²) in [5.74, 6) is -0.0288. The molecule has 1 aromatic carbocycles. The summed E-state index contributed by atoms with van der Waals surface area (Å²) in [5.41, 5.74) is 2.44. The van der Waals surface area contributed by atoms with Crippen LogP contribution in [0.4, 0.5) is 0 Å². The van der Waals surface area contributed by atoms with Crippen LogP contribution in [0, 0.1) is 6.92 Å². The molecule has 1 fully saturated rings. The van der Waals surface area contributed by atoms with E-state index in [1.54, 1.807) is 12.3 Å². The maximum Gasteiger partial charge on any atom is 0.257 e. The zero-order valence-corrected chi connectivity index (χ0v) is 12.7. The molecule has 0 radical (unpaired) electrons. The first-order valence-electron chi connectivity index (χ1n) is 7.12.